The molecule has 1 aromatic carbocycles. The smallest absolute Gasteiger partial charge is 0.184 e. The number of ether oxygens (including phenoxy) is 2. The van der Waals surface area contributed by atoms with Gasteiger partial charge in [0.2, 0.25) is 0 Å². The Morgan fingerprint density at radius 2 is 1.57 bits per heavy atom. The number of methoxy groups -OCH3 is 2. The number of ketones is 1. The fourth-order valence-corrected chi connectivity index (χ4v) is 3.35. The van der Waals surface area contributed by atoms with Crippen LogP contribution in [0.1, 0.15) is 52.0 Å². The van der Waals surface area contributed by atoms with E-state index in [0.717, 1.165) is 60.3 Å². The van der Waals surface area contributed by atoms with E-state index in [1.165, 1.54) is 11.1 Å². The number of hydrogen-bond acceptors (Lipinski definition) is 3. The molecule has 3 heteroatoms. The van der Waals surface area contributed by atoms with Gasteiger partial charge in [0.1, 0.15) is 11.5 Å². The zero-order valence-electron chi connectivity index (χ0n) is 17.8. The Hall–Kier alpha value is -2.55. The maximum absolute atomic E-state index is 11.8. The molecule has 0 spiro atoms. The highest BCUT2D eigenvalue weighted by Gasteiger charge is 2.12. The molecule has 0 aliphatic heterocycles. The van der Waals surface area contributed by atoms with Gasteiger partial charge in [0.25, 0.3) is 0 Å². The van der Waals surface area contributed by atoms with Crippen molar-refractivity contribution < 1.29 is 14.3 Å². The molecule has 0 aromatic heterocycles. The lowest BCUT2D eigenvalue weighted by molar-refractivity contribution is -0.112. The second kappa shape index (κ2) is 10.7. The van der Waals surface area contributed by atoms with Crippen LogP contribution in [0.3, 0.4) is 0 Å². The number of carbonyl (C=O) groups excluding carboxylic acids is 1. The fraction of sp³-hybridized carbons (Fsp3) is 0.400. The summed E-state index contributed by atoms with van der Waals surface area (Å²) in [5.41, 5.74) is 5.46. The largest absolute Gasteiger partial charge is 0.497 e. The van der Waals surface area contributed by atoms with Gasteiger partial charge in [-0.1, -0.05) is 17.7 Å². The number of rotatable bonds is 9. The van der Waals surface area contributed by atoms with Crippen LogP contribution in [0.5, 0.6) is 11.5 Å². The number of aryl methyl sites for hydroxylation is 1. The van der Waals surface area contributed by atoms with Gasteiger partial charge in [-0.05, 0) is 99.4 Å². The first-order chi connectivity index (χ1) is 13.4. The van der Waals surface area contributed by atoms with E-state index in [9.17, 15) is 4.79 Å². The number of carbonyl (C=O) groups is 1. The Morgan fingerprint density at radius 1 is 0.964 bits per heavy atom. The van der Waals surface area contributed by atoms with Crippen LogP contribution in [0.25, 0.3) is 0 Å². The predicted molar refractivity (Wildman–Crippen MR) is 116 cm³/mol. The van der Waals surface area contributed by atoms with Crippen molar-refractivity contribution in [1.82, 2.24) is 0 Å². The third-order valence-electron chi connectivity index (χ3n) is 4.97. The van der Waals surface area contributed by atoms with Crippen LogP contribution >= 0.6 is 0 Å². The van der Waals surface area contributed by atoms with E-state index < -0.39 is 0 Å². The summed E-state index contributed by atoms with van der Waals surface area (Å²) in [6, 6.07) is 6.03. The van der Waals surface area contributed by atoms with Crippen LogP contribution in [0, 0.1) is 0 Å². The first-order valence-electron chi connectivity index (χ1n) is 9.92. The third kappa shape index (κ3) is 6.56. The SMILES string of the molecule is COc1cc(CC/C=C(\C)CCCC=C2C=C(C)C(=O)C(C)=C2)cc(OC)c1. The maximum atomic E-state index is 11.8. The number of benzene rings is 1. The van der Waals surface area contributed by atoms with Crippen LogP contribution < -0.4 is 9.47 Å². The minimum atomic E-state index is 0.157. The minimum Gasteiger partial charge on any atom is -0.497 e. The number of hydrogen-bond donors (Lipinski definition) is 0. The van der Waals surface area contributed by atoms with Crippen molar-refractivity contribution in [1.29, 1.82) is 0 Å². The number of allylic oxidation sites excluding steroid dienone is 8. The molecule has 0 bridgehead atoms. The first kappa shape index (κ1) is 21.7. The van der Waals surface area contributed by atoms with Gasteiger partial charge in [0, 0.05) is 6.07 Å². The van der Waals surface area contributed by atoms with Gasteiger partial charge in [-0.25, -0.2) is 0 Å². The van der Waals surface area contributed by atoms with Crippen molar-refractivity contribution in [3.05, 3.63) is 70.4 Å². The Morgan fingerprint density at radius 3 is 2.14 bits per heavy atom. The summed E-state index contributed by atoms with van der Waals surface area (Å²) in [4.78, 5) is 11.8. The molecule has 28 heavy (non-hydrogen) atoms. The van der Waals surface area contributed by atoms with Gasteiger partial charge in [-0.2, -0.15) is 0 Å². The summed E-state index contributed by atoms with van der Waals surface area (Å²) in [6.45, 7) is 5.97. The topological polar surface area (TPSA) is 35.5 Å². The van der Waals surface area contributed by atoms with Crippen molar-refractivity contribution in [2.45, 2.75) is 52.9 Å². The van der Waals surface area contributed by atoms with Crippen LogP contribution in [0.15, 0.2) is 64.8 Å². The normalized spacial score (nSPS) is 14.5. The average Bonchev–Trinajstić information content (AvgIpc) is 2.69. The van der Waals surface area contributed by atoms with Gasteiger partial charge < -0.3 is 9.47 Å². The predicted octanol–water partition coefficient (Wildman–Crippen LogP) is 6.15. The zero-order valence-corrected chi connectivity index (χ0v) is 17.8. The molecular formula is C25H32O3. The summed E-state index contributed by atoms with van der Waals surface area (Å²) >= 11 is 0. The van der Waals surface area contributed by atoms with Crippen molar-refractivity contribution in [2.24, 2.45) is 0 Å². The van der Waals surface area contributed by atoms with Crippen LogP contribution in [-0.2, 0) is 11.2 Å². The Kier molecular flexibility index (Phi) is 8.31. The first-order valence-corrected chi connectivity index (χ1v) is 9.92. The molecule has 0 radical (unpaired) electrons. The minimum absolute atomic E-state index is 0.157. The molecular weight excluding hydrogens is 348 g/mol. The van der Waals surface area contributed by atoms with Crippen LogP contribution in [0.2, 0.25) is 0 Å². The molecule has 0 N–H and O–H groups in total. The van der Waals surface area contributed by atoms with Gasteiger partial charge in [-0.15, -0.1) is 0 Å². The second-order valence-electron chi connectivity index (χ2n) is 7.39. The van der Waals surface area contributed by atoms with Crippen molar-refractivity contribution >= 4 is 5.78 Å². The van der Waals surface area contributed by atoms with E-state index in [0.29, 0.717) is 0 Å². The van der Waals surface area contributed by atoms with Crippen LogP contribution in [0.4, 0.5) is 0 Å². The lowest BCUT2D eigenvalue weighted by Gasteiger charge is -2.09. The van der Waals surface area contributed by atoms with E-state index in [1.54, 1.807) is 14.2 Å². The number of unbranched alkanes of at least 4 members (excludes halogenated alkanes) is 1. The van der Waals surface area contributed by atoms with Crippen molar-refractivity contribution in [2.75, 3.05) is 14.2 Å². The maximum Gasteiger partial charge on any atom is 0.184 e. The average molecular weight is 381 g/mol. The Labute approximate surface area is 169 Å². The fourth-order valence-electron chi connectivity index (χ4n) is 3.35. The Bertz CT molecular complexity index is 776. The molecule has 1 aliphatic rings. The molecule has 1 aromatic rings. The Balaban J connectivity index is 1.79. The highest BCUT2D eigenvalue weighted by Crippen LogP contribution is 2.24. The number of Topliss-reactive ketones (excluding diaryl/α,β-unsaturated/α-hetero) is 1. The van der Waals surface area contributed by atoms with Gasteiger partial charge >= 0.3 is 0 Å². The molecule has 0 unspecified atom stereocenters. The summed E-state index contributed by atoms with van der Waals surface area (Å²) < 4.78 is 10.7. The molecule has 0 fully saturated rings. The molecule has 0 heterocycles. The van der Waals surface area contributed by atoms with E-state index >= 15 is 0 Å². The molecule has 3 nitrogen and oxygen atoms in total. The second-order valence-corrected chi connectivity index (χ2v) is 7.39. The molecule has 0 saturated carbocycles. The van der Waals surface area contributed by atoms with E-state index in [1.807, 2.05) is 32.1 Å². The van der Waals surface area contributed by atoms with E-state index in [-0.39, 0.29) is 5.78 Å². The van der Waals surface area contributed by atoms with Gasteiger partial charge in [0.15, 0.2) is 5.78 Å². The standard InChI is InChI=1S/C25H32O3/c1-18(9-6-7-11-21-13-19(2)25(26)20(3)14-21)10-8-12-22-15-23(27-4)17-24(16-22)28-5/h10-11,13-17H,6-9,12H2,1-5H3/b18-10+. The molecule has 0 atom stereocenters. The quantitative estimate of drug-likeness (QED) is 0.380. The highest BCUT2D eigenvalue weighted by atomic mass is 16.5. The summed E-state index contributed by atoms with van der Waals surface area (Å²) in [7, 11) is 3.36. The van der Waals surface area contributed by atoms with Crippen molar-refractivity contribution in [3.63, 3.8) is 0 Å². The van der Waals surface area contributed by atoms with Gasteiger partial charge in [-0.3, -0.25) is 4.79 Å². The lowest BCUT2D eigenvalue weighted by Crippen LogP contribution is -2.05. The third-order valence-corrected chi connectivity index (χ3v) is 4.97. The van der Waals surface area contributed by atoms with E-state index in [2.05, 4.69) is 31.2 Å². The van der Waals surface area contributed by atoms with Gasteiger partial charge in [0.05, 0.1) is 14.2 Å². The molecule has 0 saturated heterocycles. The van der Waals surface area contributed by atoms with Crippen molar-refractivity contribution in [3.8, 4) is 11.5 Å². The zero-order chi connectivity index (χ0) is 20.5. The highest BCUT2D eigenvalue weighted by molar-refractivity contribution is 6.09. The molecule has 2 rings (SSSR count). The summed E-state index contributed by atoms with van der Waals surface area (Å²) in [5.74, 6) is 1.83. The molecule has 1 aliphatic carbocycles. The monoisotopic (exact) mass is 380 g/mol. The summed E-state index contributed by atoms with van der Waals surface area (Å²) in [5, 5.41) is 0. The van der Waals surface area contributed by atoms with Crippen LogP contribution in [-0.4, -0.2) is 20.0 Å². The molecule has 0 amide bonds. The molecule has 150 valence electrons. The van der Waals surface area contributed by atoms with E-state index in [4.69, 9.17) is 9.47 Å². The summed E-state index contributed by atoms with van der Waals surface area (Å²) in [6.07, 6.45) is 13.7. The lowest BCUT2D eigenvalue weighted by atomic mass is 9.95.